The molecule has 0 amide bonds. The molecule has 109 heavy (non-hydrogen) atoms. The van der Waals surface area contributed by atoms with Crippen molar-refractivity contribution in [2.75, 3.05) is 227 Å². The van der Waals surface area contributed by atoms with E-state index in [0.29, 0.717) is 48.0 Å². The number of piperazine rings is 4. The molecule has 4 fully saturated rings. The van der Waals surface area contributed by atoms with Gasteiger partial charge in [0.05, 0.1) is 62.3 Å². The summed E-state index contributed by atoms with van der Waals surface area (Å²) in [6.07, 6.45) is 14.4. The average Bonchev–Trinajstić information content (AvgIpc) is 1.67. The number of nitrogens with one attached hydrogen (secondary N) is 3. The Hall–Kier alpha value is -11.2. The second-order valence-electron chi connectivity index (χ2n) is 27.5. The van der Waals surface area contributed by atoms with Crippen LogP contribution in [0, 0.1) is 30.2 Å². The van der Waals surface area contributed by atoms with Gasteiger partial charge in [-0.25, -0.2) is 0 Å². The second-order valence-corrected chi connectivity index (χ2v) is 27.5. The summed E-state index contributed by atoms with van der Waals surface area (Å²) in [6, 6.07) is 57.9. The largest absolute Gasteiger partial charge is 0.497 e. The Morgan fingerprint density at radius 2 is 0.661 bits per heavy atom. The lowest BCUT2D eigenvalue weighted by atomic mass is 10.0. The maximum atomic E-state index is 6.86. The molecule has 23 heteroatoms. The molecule has 11 N–H and O–H groups in total. The summed E-state index contributed by atoms with van der Waals surface area (Å²) in [5.41, 5.74) is 50.8. The fraction of sp³-hybridized carbons (Fsp3) is 0.395. The summed E-state index contributed by atoms with van der Waals surface area (Å²) in [4.78, 5) is 20.9. The predicted octanol–water partition coefficient (Wildman–Crippen LogP) is 13.4. The number of methoxy groups -OCH3 is 2. The Kier molecular flexibility index (Phi) is 33.9. The lowest BCUT2D eigenvalue weighted by Gasteiger charge is -2.34. The third-order valence-corrected chi connectivity index (χ3v) is 19.6. The molecule has 0 bridgehead atoms. The molecule has 4 saturated heterocycles. The first-order chi connectivity index (χ1) is 52.9. The minimum absolute atomic E-state index is 0.298. The molecule has 23 nitrogen and oxygen atoms in total. The van der Waals surface area contributed by atoms with Crippen LogP contribution in [-0.2, 0) is 12.8 Å². The molecule has 580 valence electrons. The highest BCUT2D eigenvalue weighted by Gasteiger charge is 2.26. The highest BCUT2D eigenvalue weighted by molar-refractivity contribution is 5.72. The standard InChI is InChI=1S/C22H29N3O.C22H25N3O.2C11H18N4.C10H14O2.C10H10O2.HN3/c2*1-3-14-26-20-8-5-17(6-9-20)21-15-18-4-7-19(16-22(18)23-21)25-12-10-24(2)11-13-25;2*1-14-4-6-15(7-5-14)9-2-3-10(12)11(13)8-9;2*1-3-8-12-10-6-4-9(11-2)5-7-10;1-3-2/h4-9,16,21,23H,3,10-15H2,1-2H3;1,4-9,16,21,23H,10-15H2,2H3;2*2-3,8H,4-7,12-13H2,1H3;4-7H,3,8H2,1-2H3;1,4-7H,8H2,2H3;1H. The van der Waals surface area contributed by atoms with Crippen LogP contribution in [0.4, 0.5) is 56.9 Å². The van der Waals surface area contributed by atoms with E-state index in [0.717, 1.165) is 178 Å². The van der Waals surface area contributed by atoms with Crippen LogP contribution in [0.1, 0.15) is 61.0 Å². The molecule has 2 unspecified atom stereocenters. The predicted molar refractivity (Wildman–Crippen MR) is 451 cm³/mol. The number of fused-ring (bicyclic) bond motifs is 2. The lowest BCUT2D eigenvalue weighted by Crippen LogP contribution is -2.44. The maximum absolute atomic E-state index is 6.86. The number of rotatable bonds is 18. The van der Waals surface area contributed by atoms with Gasteiger partial charge in [-0.05, 0) is 220 Å². The molecule has 0 spiro atoms. The van der Waals surface area contributed by atoms with Crippen LogP contribution < -0.4 is 81.6 Å². The minimum Gasteiger partial charge on any atom is -0.497 e. The summed E-state index contributed by atoms with van der Waals surface area (Å²) < 4.78 is 31.7. The summed E-state index contributed by atoms with van der Waals surface area (Å²) in [7, 11) is 12.0. The van der Waals surface area contributed by atoms with E-state index in [2.05, 4.69) is 177 Å². The van der Waals surface area contributed by atoms with Crippen molar-refractivity contribution < 1.29 is 28.4 Å². The summed E-state index contributed by atoms with van der Waals surface area (Å²) in [6.45, 7) is 23.9. The quantitative estimate of drug-likeness (QED) is 0.0138. The number of nitrogens with zero attached hydrogens (tertiary/aromatic N) is 10. The fourth-order valence-electron chi connectivity index (χ4n) is 12.9. The van der Waals surface area contributed by atoms with Gasteiger partial charge in [0.15, 0.2) is 0 Å². The second kappa shape index (κ2) is 44.2. The Labute approximate surface area is 647 Å². The van der Waals surface area contributed by atoms with Crippen molar-refractivity contribution >= 4 is 56.9 Å². The average molecular weight is 1480 g/mol. The van der Waals surface area contributed by atoms with Gasteiger partial charge in [-0.15, -0.1) is 18.4 Å². The van der Waals surface area contributed by atoms with Crippen LogP contribution in [0.3, 0.4) is 0 Å². The molecule has 6 aliphatic heterocycles. The minimum atomic E-state index is 0.298. The van der Waals surface area contributed by atoms with Crippen LogP contribution >= 0.6 is 0 Å². The lowest BCUT2D eigenvalue weighted by molar-refractivity contribution is 0.313. The Balaban J connectivity index is 0.000000168. The van der Waals surface area contributed by atoms with Crippen LogP contribution in [0.2, 0.25) is 0 Å². The number of nitrogens with two attached hydrogens (primary N) is 4. The van der Waals surface area contributed by atoms with Gasteiger partial charge in [0.1, 0.15) is 47.7 Å². The smallest absolute Gasteiger partial charge is 0.148 e. The zero-order valence-corrected chi connectivity index (χ0v) is 65.2. The highest BCUT2D eigenvalue weighted by atomic mass is 16.5. The van der Waals surface area contributed by atoms with E-state index in [4.69, 9.17) is 75.3 Å². The molecule has 0 aliphatic carbocycles. The SMILES string of the molecule is C#CCOc1ccc(C2Cc3ccc(N4CCN(C)CC4)cc3N2)cc1.C#CCOc1ccc(OC)cc1.CCCOc1ccc(C2Cc3ccc(N4CCN(C)CC4)cc3N2)cc1.CCCOc1ccc(OC)cc1.CN1CCN(c2ccc(N)c(N)c2)CC1.CN1CCN(c2ccc(N)c(N)c2)CC1.[N-]=[N+]=N. The van der Waals surface area contributed by atoms with Gasteiger partial charge in [0, 0.05) is 139 Å². The van der Waals surface area contributed by atoms with Crippen molar-refractivity contribution in [1.29, 1.82) is 5.53 Å². The van der Waals surface area contributed by atoms with Gasteiger partial charge in [-0.3, -0.25) is 0 Å². The number of hydrogen-bond donors (Lipinski definition) is 7. The zero-order chi connectivity index (χ0) is 77.9. The molecule has 8 aromatic carbocycles. The first kappa shape index (κ1) is 83.5. The van der Waals surface area contributed by atoms with Crippen LogP contribution in [0.25, 0.3) is 10.4 Å². The van der Waals surface area contributed by atoms with Gasteiger partial charge in [-0.2, -0.15) is 0 Å². The molecule has 0 radical (unpaired) electrons. The Morgan fingerprint density at radius 3 is 0.936 bits per heavy atom. The van der Waals surface area contributed by atoms with Crippen molar-refractivity contribution in [3.8, 4) is 59.2 Å². The molecule has 6 heterocycles. The number of benzene rings is 8. The van der Waals surface area contributed by atoms with E-state index in [-0.39, 0.29) is 0 Å². The number of hydrogen-bond acceptors (Lipinski definition) is 21. The van der Waals surface area contributed by atoms with Crippen molar-refractivity contribution in [2.24, 2.45) is 0 Å². The Morgan fingerprint density at radius 1 is 0.394 bits per heavy atom. The molecule has 8 aromatic rings. The van der Waals surface area contributed by atoms with Gasteiger partial charge >= 0.3 is 0 Å². The number of likely N-dealkylation sites (N-methyl/N-ethyl adjacent to an activating group) is 4. The molecule has 6 aliphatic rings. The van der Waals surface area contributed by atoms with Crippen molar-refractivity contribution in [2.45, 2.75) is 51.6 Å². The molecule has 0 aromatic heterocycles. The van der Waals surface area contributed by atoms with E-state index >= 15 is 0 Å². The Bertz CT molecular complexity index is 4050. The molecular weight excluding hydrogens is 1370 g/mol. The van der Waals surface area contributed by atoms with E-state index in [1.54, 1.807) is 19.1 Å². The van der Waals surface area contributed by atoms with Crippen molar-refractivity contribution in [3.05, 3.63) is 203 Å². The van der Waals surface area contributed by atoms with Crippen LogP contribution in [0.5, 0.6) is 34.5 Å². The van der Waals surface area contributed by atoms with E-state index in [1.807, 2.05) is 97.1 Å². The number of nitrogen functional groups attached to an aromatic ring is 4. The summed E-state index contributed by atoms with van der Waals surface area (Å²) in [5, 5.41) is 7.42. The molecule has 0 saturated carbocycles. The first-order valence-corrected chi connectivity index (χ1v) is 37.6. The third kappa shape index (κ3) is 26.6. The molecule has 2 atom stereocenters. The van der Waals surface area contributed by atoms with Gasteiger partial charge in [-0.1, -0.05) is 62.1 Å². The van der Waals surface area contributed by atoms with Crippen molar-refractivity contribution in [1.82, 2.24) is 19.6 Å². The summed E-state index contributed by atoms with van der Waals surface area (Å²) in [5.74, 6) is 9.99. The van der Waals surface area contributed by atoms with Crippen LogP contribution in [-0.4, -0.2) is 193 Å². The summed E-state index contributed by atoms with van der Waals surface area (Å²) >= 11 is 0. The van der Waals surface area contributed by atoms with E-state index in [9.17, 15) is 0 Å². The molecular formula is C86H115N17O6. The zero-order valence-electron chi connectivity index (χ0n) is 65.2. The topological polar surface area (TPSA) is 270 Å². The van der Waals surface area contributed by atoms with Crippen molar-refractivity contribution in [3.63, 3.8) is 0 Å². The third-order valence-electron chi connectivity index (χ3n) is 19.6. The number of terminal acetylenes is 2. The normalized spacial score (nSPS) is 16.5. The fourth-order valence-corrected chi connectivity index (χ4v) is 12.9. The van der Waals surface area contributed by atoms with Gasteiger partial charge in [0.25, 0.3) is 0 Å². The van der Waals surface area contributed by atoms with Gasteiger partial charge < -0.3 is 101 Å². The van der Waals surface area contributed by atoms with E-state index in [1.165, 1.54) is 56.4 Å². The molecule has 14 rings (SSSR count). The number of ether oxygens (including phenoxy) is 6. The van der Waals surface area contributed by atoms with E-state index < -0.39 is 0 Å². The number of anilines is 10. The highest BCUT2D eigenvalue weighted by Crippen LogP contribution is 2.39. The first-order valence-electron chi connectivity index (χ1n) is 37.6. The maximum Gasteiger partial charge on any atom is 0.148 e. The monoisotopic (exact) mass is 1480 g/mol. The van der Waals surface area contributed by atoms with Crippen LogP contribution in [0.15, 0.2) is 170 Å². The van der Waals surface area contributed by atoms with Gasteiger partial charge in [0.2, 0.25) is 0 Å².